The molecule has 0 unspecified atom stereocenters. The Hall–Kier alpha value is -3.04. The zero-order chi connectivity index (χ0) is 72.7. The Balaban J connectivity index is 1.50. The third kappa shape index (κ3) is 44.0. The molecule has 14 N–H and O–H groups in total. The Morgan fingerprint density at radius 3 is 0.850 bits per heavy atom. The van der Waals surface area contributed by atoms with Crippen LogP contribution in [0.5, 0.6) is 0 Å². The van der Waals surface area contributed by atoms with Crippen LogP contribution in [0.4, 0.5) is 0 Å². The lowest BCUT2D eigenvalue weighted by Gasteiger charge is -2.36. The van der Waals surface area contributed by atoms with Gasteiger partial charge >= 0.3 is 0 Å². The van der Waals surface area contributed by atoms with E-state index in [4.69, 9.17) is 88.3 Å². The highest BCUT2D eigenvalue weighted by molar-refractivity contribution is 14.1. The van der Waals surface area contributed by atoms with Crippen LogP contribution >= 0.6 is 23.0 Å². The van der Waals surface area contributed by atoms with Gasteiger partial charge in [-0.15, -0.1) is 0 Å². The number of hydrogen-bond donors (Lipinski definition) is 14. The maximum Gasteiger partial charge on any atom is 0.222 e. The van der Waals surface area contributed by atoms with Crippen molar-refractivity contribution in [3.05, 3.63) is 0 Å². The van der Waals surface area contributed by atoms with Gasteiger partial charge in [0, 0.05) is 77.5 Å². The summed E-state index contributed by atoms with van der Waals surface area (Å²) in [5.74, 6) is -1.91. The Kier molecular flexibility index (Phi) is 53.9. The van der Waals surface area contributed by atoms with Crippen molar-refractivity contribution >= 4 is 52.5 Å². The van der Waals surface area contributed by atoms with E-state index >= 15 is 0 Å². The van der Waals surface area contributed by atoms with Crippen molar-refractivity contribution in [2.24, 2.45) is 0 Å². The molecule has 0 aromatic rings. The van der Waals surface area contributed by atoms with E-state index in [0.29, 0.717) is 52.9 Å². The molecule has 5 amide bonds. The van der Waals surface area contributed by atoms with Gasteiger partial charge in [0.05, 0.1) is 223 Å². The quantitative estimate of drug-likeness (QED) is 0.0199. The molecule has 0 radical (unpaired) electrons. The molecule has 3 saturated heterocycles. The van der Waals surface area contributed by atoms with Crippen molar-refractivity contribution in [1.82, 2.24) is 26.6 Å². The summed E-state index contributed by atoms with van der Waals surface area (Å²) in [4.78, 5) is 64.7. The Morgan fingerprint density at radius 1 is 0.330 bits per heavy atom. The molecule has 3 aliphatic rings. The van der Waals surface area contributed by atoms with Crippen LogP contribution in [0.2, 0.25) is 0 Å². The smallest absolute Gasteiger partial charge is 0.222 e. The molecule has 39 heteroatoms. The molecule has 3 rings (SSSR count). The lowest BCUT2D eigenvalue weighted by molar-refractivity contribution is -0.258. The molecule has 0 saturated carbocycles. The van der Waals surface area contributed by atoms with Crippen molar-refractivity contribution in [3.63, 3.8) is 0 Å². The average molecular weight is 1570 g/mol. The fraction of sp³-hybridized carbons (Fsp3) is 0.918. The normalized spacial score (nSPS) is 23.3. The van der Waals surface area contributed by atoms with Crippen LogP contribution in [-0.4, -0.2) is 386 Å². The molecule has 0 bridgehead atoms. The number of aliphatic hydroxyl groups is 9. The summed E-state index contributed by atoms with van der Waals surface area (Å²) in [5.41, 5.74) is -1.47. The number of halogens is 1. The van der Waals surface area contributed by atoms with Crippen molar-refractivity contribution in [2.75, 3.05) is 231 Å². The molecule has 586 valence electrons. The van der Waals surface area contributed by atoms with Gasteiger partial charge in [-0.2, -0.15) is 0 Å². The number of hydrogen-bond acceptors (Lipinski definition) is 33. The lowest BCUT2D eigenvalue weighted by atomic mass is 10.0. The van der Waals surface area contributed by atoms with Crippen molar-refractivity contribution in [1.29, 1.82) is 0 Å². The second-order valence-electron chi connectivity index (χ2n) is 22.8. The third-order valence-electron chi connectivity index (χ3n) is 14.7. The van der Waals surface area contributed by atoms with Gasteiger partial charge in [-0.25, -0.2) is 0 Å². The standard InChI is InChI=1S/C61H112IN5O33/c62-97-34-30-90-26-25-89-24-23-88-22-20-82-10-1-50(74)63-6-15-84-21-19-83-11-5-54(78)67-61(41-91-12-2-51(75)64-7-16-85-27-31-94-55-35-44(71)58(79)47(38-68)98-55,42-92-13-3-52(76)65-8-17-86-28-32-95-56-36-45(72)59(80)48(39-69)99-56)43-93-14-4-53(77)66-9-18-87-29-33-96-57-37-46(73)60(81)49(40-70)100-57/h44-49,55-60,68-73,79-81H,1-43H2,(H,63,74)(H,64,75)(H,65,76)(H,66,77)(H,67,78)/t44-,45-,46-,47-,48-,49-,55-,56-,57-,58-,59-,60-/m1/s1. The van der Waals surface area contributed by atoms with Crippen LogP contribution in [0.3, 0.4) is 0 Å². The van der Waals surface area contributed by atoms with Gasteiger partial charge in [0.1, 0.15) is 65.2 Å². The van der Waals surface area contributed by atoms with Crippen molar-refractivity contribution in [3.8, 4) is 0 Å². The summed E-state index contributed by atoms with van der Waals surface area (Å²) in [7, 11) is 0. The highest BCUT2D eigenvalue weighted by Crippen LogP contribution is 2.23. The van der Waals surface area contributed by atoms with Crippen LogP contribution in [-0.2, 0) is 112 Å². The first-order valence-electron chi connectivity index (χ1n) is 33.8. The largest absolute Gasteiger partial charge is 0.394 e. The summed E-state index contributed by atoms with van der Waals surface area (Å²) in [6.45, 7) is 2.79. The lowest BCUT2D eigenvalue weighted by Crippen LogP contribution is -2.59. The summed E-state index contributed by atoms with van der Waals surface area (Å²) in [5, 5.41) is 102. The molecule has 38 nitrogen and oxygen atoms in total. The number of rotatable bonds is 64. The topological polar surface area (TPSA) is 503 Å². The summed E-state index contributed by atoms with van der Waals surface area (Å²) in [6.07, 6.45) is -13.0. The van der Waals surface area contributed by atoms with Crippen LogP contribution < -0.4 is 26.6 Å². The van der Waals surface area contributed by atoms with Crippen LogP contribution in [0.1, 0.15) is 51.4 Å². The minimum Gasteiger partial charge on any atom is -0.394 e. The number of aliphatic hydroxyl groups excluding tert-OH is 9. The van der Waals surface area contributed by atoms with E-state index in [9.17, 15) is 69.9 Å². The van der Waals surface area contributed by atoms with Crippen LogP contribution in [0, 0.1) is 0 Å². The fourth-order valence-corrected chi connectivity index (χ4v) is 9.52. The molecule has 0 aromatic carbocycles. The molecule has 0 spiro atoms. The van der Waals surface area contributed by atoms with Gasteiger partial charge in [-0.05, 0) is 0 Å². The number of carbonyl (C=O) groups is 5. The maximum absolute atomic E-state index is 13.8. The number of nitrogens with one attached hydrogen (secondary N) is 5. The Morgan fingerprint density at radius 2 is 0.570 bits per heavy atom. The zero-order valence-electron chi connectivity index (χ0n) is 57.0. The molecule has 0 aliphatic carbocycles. The first kappa shape index (κ1) is 91.2. The van der Waals surface area contributed by atoms with Crippen LogP contribution in [0.25, 0.3) is 0 Å². The summed E-state index contributed by atoms with van der Waals surface area (Å²) in [6, 6.07) is 0. The van der Waals surface area contributed by atoms with E-state index in [1.807, 2.05) is 0 Å². The van der Waals surface area contributed by atoms with E-state index < -0.39 is 123 Å². The molecular weight excluding hydrogens is 1460 g/mol. The van der Waals surface area contributed by atoms with E-state index in [-0.39, 0.29) is 216 Å². The van der Waals surface area contributed by atoms with Gasteiger partial charge in [-0.1, -0.05) is 0 Å². The molecule has 100 heavy (non-hydrogen) atoms. The monoisotopic (exact) mass is 1570 g/mol. The number of amides is 5. The average Bonchev–Trinajstić information content (AvgIpc) is 0.924. The van der Waals surface area contributed by atoms with E-state index in [1.165, 1.54) is 0 Å². The summed E-state index contributed by atoms with van der Waals surface area (Å²) >= 11 is 1.80. The Labute approximate surface area is 596 Å². The third-order valence-corrected chi connectivity index (χ3v) is 15.2. The minimum atomic E-state index is -1.47. The molecule has 3 heterocycles. The maximum atomic E-state index is 13.8. The molecule has 3 aliphatic heterocycles. The van der Waals surface area contributed by atoms with E-state index in [2.05, 4.69) is 26.6 Å². The molecular formula is C61H112IN5O33. The highest BCUT2D eigenvalue weighted by atomic mass is 127. The second kappa shape index (κ2) is 59.1. The van der Waals surface area contributed by atoms with Gasteiger partial charge in [0.2, 0.25) is 29.5 Å². The predicted molar refractivity (Wildman–Crippen MR) is 351 cm³/mol. The number of carbonyl (C=O) groups excluding carboxylic acids is 5. The fourth-order valence-electron chi connectivity index (χ4n) is 9.34. The van der Waals surface area contributed by atoms with Crippen molar-refractivity contribution in [2.45, 2.75) is 131 Å². The van der Waals surface area contributed by atoms with E-state index in [1.54, 1.807) is 23.0 Å². The number of ether oxygens (including phenoxy) is 18. The first-order valence-corrected chi connectivity index (χ1v) is 34.7. The molecule has 12 atom stereocenters. The molecule has 3 fully saturated rings. The molecule has 0 aromatic heterocycles. The first-order chi connectivity index (χ1) is 48.5. The van der Waals surface area contributed by atoms with Gasteiger partial charge in [-0.3, -0.25) is 24.0 Å². The van der Waals surface area contributed by atoms with E-state index in [0.717, 1.165) is 0 Å². The SMILES string of the molecule is O=C(CCOCCOCCOCCOCCOI)NCCOCCOCCC(=O)NC(COCCC(=O)NCCOCCO[C@H]1C[C@@H](O)[C@@H](O)[C@@H](CO)O1)(COCCC(=O)NCCOCCO[C@H]1C[C@@H](O)[C@@H](O)[C@@H](CO)O1)COCCC(=O)NCCOCCO[C@H]1C[C@@H](O)[C@@H](O)[C@@H](CO)O1. The highest BCUT2D eigenvalue weighted by Gasteiger charge is 2.40. The Bertz CT molecular complexity index is 1920. The van der Waals surface area contributed by atoms with Gasteiger partial charge in [0.15, 0.2) is 18.9 Å². The minimum absolute atomic E-state index is 0.00171. The van der Waals surface area contributed by atoms with Gasteiger partial charge < -0.3 is 161 Å². The van der Waals surface area contributed by atoms with Gasteiger partial charge in [0.25, 0.3) is 0 Å². The zero-order valence-corrected chi connectivity index (χ0v) is 59.2. The van der Waals surface area contributed by atoms with Crippen LogP contribution in [0.15, 0.2) is 0 Å². The summed E-state index contributed by atoms with van der Waals surface area (Å²) < 4.78 is 105. The predicted octanol–water partition coefficient (Wildman–Crippen LogP) is -6.64. The second-order valence-corrected chi connectivity index (χ2v) is 23.4. The van der Waals surface area contributed by atoms with Crippen molar-refractivity contribution < 1.29 is 158 Å².